The van der Waals surface area contributed by atoms with Crippen molar-refractivity contribution in [2.24, 2.45) is 0 Å². The molecule has 3 atom stereocenters. The van der Waals surface area contributed by atoms with Crippen LogP contribution in [0.25, 0.3) is 0 Å². The van der Waals surface area contributed by atoms with Gasteiger partial charge in [-0.1, -0.05) is 68.8 Å². The summed E-state index contributed by atoms with van der Waals surface area (Å²) in [5, 5.41) is -0.0924. The molecule has 9 heteroatoms. The number of rotatable bonds is 10. The van der Waals surface area contributed by atoms with Gasteiger partial charge in [-0.3, -0.25) is 4.57 Å². The Labute approximate surface area is 196 Å². The van der Waals surface area contributed by atoms with E-state index in [9.17, 15) is 8.77 Å². The van der Waals surface area contributed by atoms with Crippen LogP contribution in [0.15, 0.2) is 59.5 Å². The molecule has 0 aliphatic heterocycles. The SMILES string of the molecule is COP(=O)(OC)[C@H](N[S@@](=O)c1ccc(C)cc1)[C@H](O[Si](C)(C)C(C)(C)C)c1ccccc1. The van der Waals surface area contributed by atoms with Crippen LogP contribution in [0.3, 0.4) is 0 Å². The lowest BCUT2D eigenvalue weighted by Gasteiger charge is -2.42. The predicted octanol–water partition coefficient (Wildman–Crippen LogP) is 6.18. The summed E-state index contributed by atoms with van der Waals surface area (Å²) in [6.07, 6.45) is -0.697. The monoisotopic (exact) mass is 497 g/mol. The summed E-state index contributed by atoms with van der Waals surface area (Å²) in [5.41, 5.74) is 1.87. The highest BCUT2D eigenvalue weighted by molar-refractivity contribution is 7.83. The lowest BCUT2D eigenvalue weighted by Crippen LogP contribution is -2.47. The zero-order valence-electron chi connectivity index (χ0n) is 20.2. The molecule has 32 heavy (non-hydrogen) atoms. The van der Waals surface area contributed by atoms with E-state index in [-0.39, 0.29) is 5.04 Å². The smallest absolute Gasteiger partial charge is 0.350 e. The molecule has 2 rings (SSSR count). The van der Waals surface area contributed by atoms with Crippen molar-refractivity contribution in [3.63, 3.8) is 0 Å². The molecule has 2 aromatic rings. The lowest BCUT2D eigenvalue weighted by molar-refractivity contribution is 0.152. The molecular weight excluding hydrogens is 461 g/mol. The summed E-state index contributed by atoms with van der Waals surface area (Å²) < 4.78 is 47.5. The van der Waals surface area contributed by atoms with Gasteiger partial charge in [0, 0.05) is 14.2 Å². The normalized spacial score (nSPS) is 15.9. The minimum atomic E-state index is -3.74. The number of benzene rings is 2. The van der Waals surface area contributed by atoms with Crippen molar-refractivity contribution in [1.29, 1.82) is 0 Å². The van der Waals surface area contributed by atoms with Gasteiger partial charge in [0.05, 0.1) is 11.0 Å². The van der Waals surface area contributed by atoms with Gasteiger partial charge in [-0.05, 0) is 42.8 Å². The van der Waals surface area contributed by atoms with Crippen molar-refractivity contribution in [2.75, 3.05) is 14.2 Å². The molecule has 0 amide bonds. The third-order valence-electron chi connectivity index (χ3n) is 5.96. The van der Waals surface area contributed by atoms with E-state index in [2.05, 4.69) is 38.6 Å². The summed E-state index contributed by atoms with van der Waals surface area (Å²) >= 11 is 0. The zero-order valence-corrected chi connectivity index (χ0v) is 23.0. The van der Waals surface area contributed by atoms with Crippen molar-refractivity contribution in [1.82, 2.24) is 4.72 Å². The van der Waals surface area contributed by atoms with Crippen LogP contribution in [0.5, 0.6) is 0 Å². The maximum Gasteiger partial charge on any atom is 0.350 e. The van der Waals surface area contributed by atoms with Crippen LogP contribution in [0.4, 0.5) is 0 Å². The Balaban J connectivity index is 2.57. The Morgan fingerprint density at radius 3 is 1.97 bits per heavy atom. The highest BCUT2D eigenvalue weighted by atomic mass is 32.2. The van der Waals surface area contributed by atoms with Gasteiger partial charge < -0.3 is 13.5 Å². The molecule has 2 aromatic carbocycles. The first kappa shape index (κ1) is 27.1. The number of hydrogen-bond acceptors (Lipinski definition) is 5. The molecule has 6 nitrogen and oxygen atoms in total. The van der Waals surface area contributed by atoms with Crippen molar-refractivity contribution in [3.8, 4) is 0 Å². The van der Waals surface area contributed by atoms with E-state index in [1.807, 2.05) is 49.4 Å². The molecule has 0 heterocycles. The van der Waals surface area contributed by atoms with Gasteiger partial charge in [0.1, 0.15) is 11.0 Å². The summed E-state index contributed by atoms with van der Waals surface area (Å²) in [7, 11) is -5.06. The number of hydrogen-bond donors (Lipinski definition) is 1. The fourth-order valence-corrected chi connectivity index (χ4v) is 7.09. The Hall–Kier alpha value is -1.12. The Kier molecular flexibility index (Phi) is 9.21. The number of nitrogens with one attached hydrogen (secondary N) is 1. The van der Waals surface area contributed by atoms with Crippen molar-refractivity contribution in [2.45, 2.75) is 62.6 Å². The average molecular weight is 498 g/mol. The molecular formula is C23H36NO5PSSi. The molecule has 0 bridgehead atoms. The fraction of sp³-hybridized carbons (Fsp3) is 0.478. The van der Waals surface area contributed by atoms with Crippen LogP contribution in [0.2, 0.25) is 18.1 Å². The molecule has 0 unspecified atom stereocenters. The van der Waals surface area contributed by atoms with Crippen LogP contribution in [0.1, 0.15) is 38.0 Å². The maximum absolute atomic E-state index is 13.7. The molecule has 0 aliphatic rings. The minimum absolute atomic E-state index is 0.0924. The van der Waals surface area contributed by atoms with Crippen molar-refractivity contribution in [3.05, 3.63) is 65.7 Å². The second-order valence-corrected chi connectivity index (χ2v) is 17.6. The van der Waals surface area contributed by atoms with Crippen LogP contribution < -0.4 is 4.72 Å². The van der Waals surface area contributed by atoms with E-state index < -0.39 is 38.8 Å². The molecule has 0 saturated carbocycles. The Bertz CT molecular complexity index is 939. The second-order valence-electron chi connectivity index (χ2n) is 9.26. The van der Waals surface area contributed by atoms with Crippen molar-refractivity contribution >= 4 is 26.9 Å². The zero-order chi connectivity index (χ0) is 24.2. The molecule has 0 spiro atoms. The van der Waals surface area contributed by atoms with E-state index >= 15 is 0 Å². The van der Waals surface area contributed by atoms with E-state index in [1.165, 1.54) is 14.2 Å². The van der Waals surface area contributed by atoms with E-state index in [0.29, 0.717) is 4.90 Å². The van der Waals surface area contributed by atoms with Crippen LogP contribution in [0, 0.1) is 6.92 Å². The van der Waals surface area contributed by atoms with E-state index in [4.69, 9.17) is 13.5 Å². The van der Waals surface area contributed by atoms with Gasteiger partial charge in [0.15, 0.2) is 14.1 Å². The maximum atomic E-state index is 13.7. The first-order valence-electron chi connectivity index (χ1n) is 10.5. The molecule has 0 fully saturated rings. The molecule has 1 N–H and O–H groups in total. The first-order chi connectivity index (χ1) is 14.8. The summed E-state index contributed by atoms with van der Waals surface area (Å²) in [6.45, 7) is 12.6. The first-order valence-corrected chi connectivity index (χ1v) is 16.2. The quantitative estimate of drug-likeness (QED) is 0.313. The van der Waals surface area contributed by atoms with Gasteiger partial charge in [-0.25, -0.2) is 8.93 Å². The Morgan fingerprint density at radius 2 is 1.50 bits per heavy atom. The molecule has 178 valence electrons. The van der Waals surface area contributed by atoms with Crippen molar-refractivity contribution < 1.29 is 22.2 Å². The third-order valence-corrected chi connectivity index (χ3v) is 13.9. The van der Waals surface area contributed by atoms with Gasteiger partial charge in [-0.2, -0.15) is 0 Å². The summed E-state index contributed by atoms with van der Waals surface area (Å²) in [5.74, 6) is -0.990. The molecule has 0 radical (unpaired) electrons. The number of aryl methyl sites for hydroxylation is 1. The molecule has 0 aromatic heterocycles. The summed E-state index contributed by atoms with van der Waals surface area (Å²) in [6, 6.07) is 16.9. The standard InChI is InChI=1S/C23H36NO5PSSi/c1-18-14-16-20(17-15-18)31(26)24-22(30(25,27-5)28-6)21(19-12-10-9-11-13-19)29-32(7,8)23(2,3)4/h9-17,21-22,24H,1-8H3/t21-,22+,31+/m1/s1. The fourth-order valence-electron chi connectivity index (χ4n) is 2.89. The Morgan fingerprint density at radius 1 is 0.969 bits per heavy atom. The second kappa shape index (κ2) is 10.9. The largest absolute Gasteiger partial charge is 0.408 e. The van der Waals surface area contributed by atoms with Crippen LogP contribution >= 0.6 is 7.60 Å². The minimum Gasteiger partial charge on any atom is -0.408 e. The highest BCUT2D eigenvalue weighted by Gasteiger charge is 2.47. The average Bonchev–Trinajstić information content (AvgIpc) is 2.75. The van der Waals surface area contributed by atoms with Gasteiger partial charge in [0.25, 0.3) is 0 Å². The van der Waals surface area contributed by atoms with Crippen LogP contribution in [-0.4, -0.2) is 32.5 Å². The van der Waals surface area contributed by atoms with E-state index in [1.54, 1.807) is 12.1 Å². The van der Waals surface area contributed by atoms with Gasteiger partial charge >= 0.3 is 7.60 Å². The van der Waals surface area contributed by atoms with Crippen LogP contribution in [-0.2, 0) is 29.0 Å². The van der Waals surface area contributed by atoms with Gasteiger partial charge in [0.2, 0.25) is 0 Å². The lowest BCUT2D eigenvalue weighted by atomic mass is 10.1. The predicted molar refractivity (Wildman–Crippen MR) is 134 cm³/mol. The van der Waals surface area contributed by atoms with Gasteiger partial charge in [-0.15, -0.1) is 0 Å². The molecule has 0 aliphatic carbocycles. The summed E-state index contributed by atoms with van der Waals surface area (Å²) in [4.78, 5) is 0.568. The highest BCUT2D eigenvalue weighted by Crippen LogP contribution is 2.56. The third kappa shape index (κ3) is 6.47. The topological polar surface area (TPSA) is 73.9 Å². The van der Waals surface area contributed by atoms with E-state index in [0.717, 1.165) is 11.1 Å². The molecule has 0 saturated heterocycles.